The summed E-state index contributed by atoms with van der Waals surface area (Å²) in [7, 11) is 0. The molecule has 6 N–H and O–H groups in total. The molecule has 0 unspecified atom stereocenters. The van der Waals surface area contributed by atoms with Gasteiger partial charge in [-0.15, -0.1) is 0 Å². The molecule has 0 fully saturated rings. The Labute approximate surface area is 109 Å². The zero-order valence-electron chi connectivity index (χ0n) is 9.87. The molecule has 2 aromatic heterocycles. The van der Waals surface area contributed by atoms with Gasteiger partial charge in [-0.25, -0.2) is 15.0 Å². The quantitative estimate of drug-likeness (QED) is 0.711. The maximum atomic E-state index is 5.75. The second-order valence-corrected chi connectivity index (χ2v) is 4.81. The first-order chi connectivity index (χ1) is 8.54. The van der Waals surface area contributed by atoms with Crippen LogP contribution >= 0.6 is 11.8 Å². The molecule has 18 heavy (non-hydrogen) atoms. The average molecular weight is 262 g/mol. The number of hydrogen-bond acceptors (Lipinski definition) is 7. The van der Waals surface area contributed by atoms with Crippen LogP contribution in [0.4, 0.5) is 11.6 Å². The van der Waals surface area contributed by atoms with Crippen molar-refractivity contribution in [3.05, 3.63) is 30.0 Å². The van der Waals surface area contributed by atoms with E-state index in [4.69, 9.17) is 17.2 Å². The maximum absolute atomic E-state index is 5.75. The van der Waals surface area contributed by atoms with Gasteiger partial charge in [0.2, 0.25) is 0 Å². The van der Waals surface area contributed by atoms with E-state index in [0.29, 0.717) is 16.8 Å². The van der Waals surface area contributed by atoms with E-state index in [2.05, 4.69) is 15.0 Å². The molecule has 0 bridgehead atoms. The minimum absolute atomic E-state index is 0.0317. The van der Waals surface area contributed by atoms with Crippen molar-refractivity contribution < 1.29 is 0 Å². The minimum atomic E-state index is -0.0317. The van der Waals surface area contributed by atoms with E-state index >= 15 is 0 Å². The summed E-state index contributed by atoms with van der Waals surface area (Å²) in [5, 5.41) is 1.25. The summed E-state index contributed by atoms with van der Waals surface area (Å²) in [5.41, 5.74) is 17.9. The van der Waals surface area contributed by atoms with Crippen LogP contribution in [0.1, 0.15) is 18.5 Å². The first kappa shape index (κ1) is 12.6. The van der Waals surface area contributed by atoms with E-state index in [1.54, 1.807) is 6.20 Å². The van der Waals surface area contributed by atoms with Crippen LogP contribution < -0.4 is 17.2 Å². The molecular weight excluding hydrogens is 248 g/mol. The first-order valence-corrected chi connectivity index (χ1v) is 6.15. The number of nitrogens with two attached hydrogens (primary N) is 3. The fourth-order valence-electron chi connectivity index (χ4n) is 1.32. The van der Waals surface area contributed by atoms with Gasteiger partial charge in [0.15, 0.2) is 5.16 Å². The van der Waals surface area contributed by atoms with Gasteiger partial charge >= 0.3 is 0 Å². The van der Waals surface area contributed by atoms with Crippen LogP contribution in [0.3, 0.4) is 0 Å². The molecule has 94 valence electrons. The van der Waals surface area contributed by atoms with Crippen LogP contribution in [0.5, 0.6) is 0 Å². The summed E-state index contributed by atoms with van der Waals surface area (Å²) in [5.74, 6) is 0.689. The van der Waals surface area contributed by atoms with Crippen molar-refractivity contribution in [1.29, 1.82) is 0 Å². The van der Waals surface area contributed by atoms with Crippen molar-refractivity contribution in [3.63, 3.8) is 0 Å². The molecule has 2 heterocycles. The fourth-order valence-corrected chi connectivity index (χ4v) is 2.05. The molecule has 0 aliphatic heterocycles. The number of hydrogen-bond donors (Lipinski definition) is 3. The molecular formula is C11H14N6S. The standard InChI is InChI=1S/C11H14N6S/c1-6(12)7-2-3-10(15-5-7)18-11-16-8(13)4-9(14)17-11/h2-6H,12H2,1H3,(H4,13,14,16,17)/t6-/m0/s1. The molecule has 1 atom stereocenters. The molecule has 0 amide bonds. The summed E-state index contributed by atoms with van der Waals surface area (Å²) < 4.78 is 0. The lowest BCUT2D eigenvalue weighted by Crippen LogP contribution is -2.05. The van der Waals surface area contributed by atoms with Gasteiger partial charge in [0, 0.05) is 18.3 Å². The van der Waals surface area contributed by atoms with Gasteiger partial charge in [-0.3, -0.25) is 0 Å². The van der Waals surface area contributed by atoms with Gasteiger partial charge in [-0.2, -0.15) is 0 Å². The molecule has 2 rings (SSSR count). The Balaban J connectivity index is 2.18. The van der Waals surface area contributed by atoms with Gasteiger partial charge in [0.1, 0.15) is 16.7 Å². The molecule has 0 saturated carbocycles. The first-order valence-electron chi connectivity index (χ1n) is 5.34. The monoisotopic (exact) mass is 262 g/mol. The zero-order chi connectivity index (χ0) is 13.1. The highest BCUT2D eigenvalue weighted by Gasteiger charge is 2.05. The Hall–Kier alpha value is -1.86. The second-order valence-electron chi connectivity index (χ2n) is 3.82. The topological polar surface area (TPSA) is 117 Å². The van der Waals surface area contributed by atoms with E-state index in [1.165, 1.54) is 17.8 Å². The highest BCUT2D eigenvalue weighted by atomic mass is 32.2. The molecule has 0 aliphatic carbocycles. The van der Waals surface area contributed by atoms with Gasteiger partial charge in [0.25, 0.3) is 0 Å². The van der Waals surface area contributed by atoms with Crippen molar-refractivity contribution in [2.24, 2.45) is 5.73 Å². The summed E-state index contributed by atoms with van der Waals surface area (Å²) in [4.78, 5) is 12.4. The predicted molar refractivity (Wildman–Crippen MR) is 71.8 cm³/mol. The lowest BCUT2D eigenvalue weighted by Gasteiger charge is -2.06. The molecule has 0 spiro atoms. The Morgan fingerprint density at radius 1 is 1.17 bits per heavy atom. The Morgan fingerprint density at radius 3 is 2.33 bits per heavy atom. The Bertz CT molecular complexity index is 519. The molecule has 0 radical (unpaired) electrons. The number of rotatable bonds is 3. The lowest BCUT2D eigenvalue weighted by atomic mass is 10.2. The third kappa shape index (κ3) is 3.08. The summed E-state index contributed by atoms with van der Waals surface area (Å²) in [6.45, 7) is 1.91. The van der Waals surface area contributed by atoms with E-state index in [1.807, 2.05) is 19.1 Å². The number of nitrogen functional groups attached to an aromatic ring is 2. The number of anilines is 2. The van der Waals surface area contributed by atoms with Crippen LogP contribution in [0, 0.1) is 0 Å². The van der Waals surface area contributed by atoms with E-state index < -0.39 is 0 Å². The van der Waals surface area contributed by atoms with Crippen molar-refractivity contribution in [3.8, 4) is 0 Å². The van der Waals surface area contributed by atoms with Crippen LogP contribution in [0.15, 0.2) is 34.6 Å². The fraction of sp³-hybridized carbons (Fsp3) is 0.182. The van der Waals surface area contributed by atoms with Gasteiger partial charge < -0.3 is 17.2 Å². The van der Waals surface area contributed by atoms with Crippen molar-refractivity contribution >= 4 is 23.4 Å². The Kier molecular flexibility index (Phi) is 3.63. The molecule has 0 aliphatic rings. The van der Waals surface area contributed by atoms with Gasteiger partial charge in [0.05, 0.1) is 0 Å². The normalized spacial score (nSPS) is 12.3. The molecule has 0 saturated heterocycles. The predicted octanol–water partition coefficient (Wildman–Crippen LogP) is 1.21. The summed E-state index contributed by atoms with van der Waals surface area (Å²) in [6, 6.07) is 5.27. The smallest absolute Gasteiger partial charge is 0.197 e. The van der Waals surface area contributed by atoms with Crippen LogP contribution in [-0.2, 0) is 0 Å². The zero-order valence-corrected chi connectivity index (χ0v) is 10.7. The highest BCUT2D eigenvalue weighted by Crippen LogP contribution is 2.24. The Morgan fingerprint density at radius 2 is 1.83 bits per heavy atom. The van der Waals surface area contributed by atoms with E-state index in [-0.39, 0.29) is 6.04 Å². The SMILES string of the molecule is C[C@H](N)c1ccc(Sc2nc(N)cc(N)n2)nc1. The van der Waals surface area contributed by atoms with Gasteiger partial charge in [-0.05, 0) is 30.3 Å². The number of pyridine rings is 1. The lowest BCUT2D eigenvalue weighted by molar-refractivity contribution is 0.806. The highest BCUT2D eigenvalue weighted by molar-refractivity contribution is 7.99. The van der Waals surface area contributed by atoms with Crippen molar-refractivity contribution in [1.82, 2.24) is 15.0 Å². The molecule has 6 nitrogen and oxygen atoms in total. The molecule has 7 heteroatoms. The third-order valence-electron chi connectivity index (χ3n) is 2.23. The van der Waals surface area contributed by atoms with Crippen LogP contribution in [0.2, 0.25) is 0 Å². The van der Waals surface area contributed by atoms with Gasteiger partial charge in [-0.1, -0.05) is 6.07 Å². The average Bonchev–Trinajstić information content (AvgIpc) is 2.28. The number of aromatic nitrogens is 3. The van der Waals surface area contributed by atoms with E-state index in [0.717, 1.165) is 10.6 Å². The molecule has 0 aromatic carbocycles. The molecule has 2 aromatic rings. The van der Waals surface area contributed by atoms with Crippen molar-refractivity contribution in [2.45, 2.75) is 23.1 Å². The number of nitrogens with zero attached hydrogens (tertiary/aromatic N) is 3. The second kappa shape index (κ2) is 5.19. The van der Waals surface area contributed by atoms with E-state index in [9.17, 15) is 0 Å². The summed E-state index contributed by atoms with van der Waals surface area (Å²) in [6.07, 6.45) is 1.74. The summed E-state index contributed by atoms with van der Waals surface area (Å²) >= 11 is 1.30. The largest absolute Gasteiger partial charge is 0.383 e. The van der Waals surface area contributed by atoms with Crippen LogP contribution in [0.25, 0.3) is 0 Å². The maximum Gasteiger partial charge on any atom is 0.197 e. The van der Waals surface area contributed by atoms with Crippen LogP contribution in [-0.4, -0.2) is 15.0 Å². The third-order valence-corrected chi connectivity index (χ3v) is 3.04. The van der Waals surface area contributed by atoms with Crippen molar-refractivity contribution in [2.75, 3.05) is 11.5 Å². The minimum Gasteiger partial charge on any atom is -0.383 e.